The molecule has 0 bridgehead atoms. The number of rotatable bonds is 5. The van der Waals surface area contributed by atoms with Crippen LogP contribution < -0.4 is 0 Å². The normalized spacial score (nSPS) is 12.6. The van der Waals surface area contributed by atoms with E-state index in [-0.39, 0.29) is 0 Å². The zero-order chi connectivity index (χ0) is 17.7. The summed E-state index contributed by atoms with van der Waals surface area (Å²) in [6, 6.07) is 13.0. The van der Waals surface area contributed by atoms with Crippen LogP contribution in [-0.2, 0) is 0 Å². The van der Waals surface area contributed by atoms with Crippen molar-refractivity contribution < 1.29 is 0 Å². The molecule has 0 spiro atoms. The van der Waals surface area contributed by atoms with E-state index in [0.29, 0.717) is 0 Å². The van der Waals surface area contributed by atoms with Gasteiger partial charge in [-0.2, -0.15) is 10.2 Å². The first-order valence-electron chi connectivity index (χ1n) is 8.74. The molecule has 0 aliphatic rings. The second-order valence-corrected chi connectivity index (χ2v) is 6.40. The zero-order valence-electron chi connectivity index (χ0n) is 15.8. The second kappa shape index (κ2) is 8.05. The maximum absolute atomic E-state index is 4.59. The van der Waals surface area contributed by atoms with E-state index in [1.54, 1.807) is 0 Å². The van der Waals surface area contributed by atoms with E-state index in [4.69, 9.17) is 0 Å². The fourth-order valence-corrected chi connectivity index (χ4v) is 2.63. The lowest BCUT2D eigenvalue weighted by atomic mass is 10.0. The number of aryl methyl sites for hydroxylation is 4. The van der Waals surface area contributed by atoms with Gasteiger partial charge in [0.25, 0.3) is 0 Å². The van der Waals surface area contributed by atoms with Gasteiger partial charge in [0.05, 0.1) is 11.4 Å². The van der Waals surface area contributed by atoms with Gasteiger partial charge in [-0.3, -0.25) is 0 Å². The van der Waals surface area contributed by atoms with Crippen molar-refractivity contribution in [2.24, 2.45) is 10.2 Å². The third-order valence-electron chi connectivity index (χ3n) is 4.64. The van der Waals surface area contributed by atoms with Gasteiger partial charge in [-0.15, -0.1) is 0 Å². The number of benzene rings is 2. The predicted octanol–water partition coefficient (Wildman–Crippen LogP) is 5.93. The number of nitrogens with zero attached hydrogens (tertiary/aromatic N) is 2. The van der Waals surface area contributed by atoms with Crippen molar-refractivity contribution in [1.29, 1.82) is 0 Å². The quantitative estimate of drug-likeness (QED) is 0.481. The Balaban J connectivity index is 2.38. The largest absolute Gasteiger partial charge is 0.155 e. The first-order chi connectivity index (χ1) is 11.5. The zero-order valence-corrected chi connectivity index (χ0v) is 15.8. The fraction of sp³-hybridized carbons (Fsp3) is 0.364. The third kappa shape index (κ3) is 4.19. The number of hydrogen-bond donors (Lipinski definition) is 0. The minimum absolute atomic E-state index is 0.871. The van der Waals surface area contributed by atoms with Crippen LogP contribution >= 0.6 is 0 Å². The van der Waals surface area contributed by atoms with E-state index in [2.05, 4.69) is 88.1 Å². The average Bonchev–Trinajstić information content (AvgIpc) is 2.57. The van der Waals surface area contributed by atoms with Gasteiger partial charge >= 0.3 is 0 Å². The Kier molecular flexibility index (Phi) is 6.08. The van der Waals surface area contributed by atoms with Crippen LogP contribution in [0.5, 0.6) is 0 Å². The van der Waals surface area contributed by atoms with Crippen LogP contribution in [0.1, 0.15) is 60.1 Å². The maximum atomic E-state index is 4.59. The van der Waals surface area contributed by atoms with E-state index in [1.807, 2.05) is 0 Å². The van der Waals surface area contributed by atoms with Crippen molar-refractivity contribution >= 4 is 11.4 Å². The molecule has 0 aliphatic heterocycles. The van der Waals surface area contributed by atoms with Crippen LogP contribution in [0.3, 0.4) is 0 Å². The van der Waals surface area contributed by atoms with E-state index in [0.717, 1.165) is 24.3 Å². The molecular formula is C22H28N2. The van der Waals surface area contributed by atoms with Crippen molar-refractivity contribution in [2.45, 2.75) is 54.4 Å². The Morgan fingerprint density at radius 1 is 0.625 bits per heavy atom. The van der Waals surface area contributed by atoms with Crippen LogP contribution in [0.15, 0.2) is 46.6 Å². The monoisotopic (exact) mass is 320 g/mol. The van der Waals surface area contributed by atoms with Gasteiger partial charge in [-0.1, -0.05) is 38.1 Å². The highest BCUT2D eigenvalue weighted by Crippen LogP contribution is 2.15. The lowest BCUT2D eigenvalue weighted by molar-refractivity contribution is 1.13. The highest BCUT2D eigenvalue weighted by atomic mass is 15.2. The third-order valence-corrected chi connectivity index (χ3v) is 4.64. The topological polar surface area (TPSA) is 24.7 Å². The molecule has 0 N–H and O–H groups in total. The molecule has 24 heavy (non-hydrogen) atoms. The first kappa shape index (κ1) is 18.1. The summed E-state index contributed by atoms with van der Waals surface area (Å²) in [5, 5.41) is 9.17. The van der Waals surface area contributed by atoms with Crippen LogP contribution in [0.25, 0.3) is 0 Å². The van der Waals surface area contributed by atoms with Gasteiger partial charge in [0.15, 0.2) is 0 Å². The molecule has 0 unspecified atom stereocenters. The molecule has 0 aliphatic carbocycles. The van der Waals surface area contributed by atoms with Crippen molar-refractivity contribution in [1.82, 2.24) is 0 Å². The van der Waals surface area contributed by atoms with E-state index in [1.165, 1.54) is 33.4 Å². The Bertz CT molecular complexity index is 715. The van der Waals surface area contributed by atoms with Crippen molar-refractivity contribution in [2.75, 3.05) is 0 Å². The minimum atomic E-state index is 0.871. The average molecular weight is 320 g/mol. The molecule has 2 heteroatoms. The highest BCUT2D eigenvalue weighted by Gasteiger charge is 2.06. The SMILES string of the molecule is CC/C(=N\N=C(/CC)c1ccc(C)c(C)c1)c1ccc(C)c(C)c1. The van der Waals surface area contributed by atoms with Crippen LogP contribution in [0, 0.1) is 27.7 Å². The summed E-state index contributed by atoms with van der Waals surface area (Å²) in [6.07, 6.45) is 1.74. The molecule has 126 valence electrons. The van der Waals surface area contributed by atoms with Gasteiger partial charge in [-0.25, -0.2) is 0 Å². The van der Waals surface area contributed by atoms with Crippen LogP contribution in [0.2, 0.25) is 0 Å². The van der Waals surface area contributed by atoms with Crippen molar-refractivity contribution in [3.8, 4) is 0 Å². The summed E-state index contributed by atoms with van der Waals surface area (Å²) in [6.45, 7) is 12.8. The Hall–Kier alpha value is -2.22. The van der Waals surface area contributed by atoms with Gasteiger partial charge in [0, 0.05) is 0 Å². The molecule has 0 amide bonds. The lowest BCUT2D eigenvalue weighted by Crippen LogP contribution is -2.03. The molecule has 0 heterocycles. The van der Waals surface area contributed by atoms with Crippen molar-refractivity contribution in [3.05, 3.63) is 69.8 Å². The lowest BCUT2D eigenvalue weighted by Gasteiger charge is -2.08. The van der Waals surface area contributed by atoms with E-state index in [9.17, 15) is 0 Å². The fourth-order valence-electron chi connectivity index (χ4n) is 2.63. The van der Waals surface area contributed by atoms with Crippen LogP contribution in [0.4, 0.5) is 0 Å². The Morgan fingerprint density at radius 3 is 1.29 bits per heavy atom. The summed E-state index contributed by atoms with van der Waals surface area (Å²) in [7, 11) is 0. The molecule has 0 radical (unpaired) electrons. The van der Waals surface area contributed by atoms with Crippen LogP contribution in [-0.4, -0.2) is 11.4 Å². The van der Waals surface area contributed by atoms with Gasteiger partial charge in [0.2, 0.25) is 0 Å². The van der Waals surface area contributed by atoms with E-state index < -0.39 is 0 Å². The highest BCUT2D eigenvalue weighted by molar-refractivity contribution is 6.03. The summed E-state index contributed by atoms with van der Waals surface area (Å²) in [4.78, 5) is 0. The molecule has 0 aromatic heterocycles. The smallest absolute Gasteiger partial charge is 0.0700 e. The van der Waals surface area contributed by atoms with Gasteiger partial charge in [0.1, 0.15) is 0 Å². The summed E-state index contributed by atoms with van der Waals surface area (Å²) >= 11 is 0. The van der Waals surface area contributed by atoms with Gasteiger partial charge in [-0.05, 0) is 86.1 Å². The molecule has 2 rings (SSSR count). The summed E-state index contributed by atoms with van der Waals surface area (Å²) in [5.74, 6) is 0. The summed E-state index contributed by atoms with van der Waals surface area (Å²) < 4.78 is 0. The Morgan fingerprint density at radius 2 is 1.00 bits per heavy atom. The standard InChI is InChI=1S/C22H28N2/c1-7-21(19-11-9-15(3)17(5)13-19)23-24-22(8-2)20-12-10-16(4)18(6)14-20/h9-14H,7-8H2,1-6H3/b23-21+,24-22+. The molecule has 0 saturated heterocycles. The maximum Gasteiger partial charge on any atom is 0.0700 e. The second-order valence-electron chi connectivity index (χ2n) is 6.40. The molecule has 0 saturated carbocycles. The molecule has 0 fully saturated rings. The molecule has 2 nitrogen and oxygen atoms in total. The predicted molar refractivity (Wildman–Crippen MR) is 105 cm³/mol. The summed E-state index contributed by atoms with van der Waals surface area (Å²) in [5.41, 5.74) is 9.61. The molecule has 2 aromatic rings. The van der Waals surface area contributed by atoms with Crippen molar-refractivity contribution in [3.63, 3.8) is 0 Å². The molecular weight excluding hydrogens is 292 g/mol. The molecule has 0 atom stereocenters. The van der Waals surface area contributed by atoms with E-state index >= 15 is 0 Å². The Labute approximate surface area is 146 Å². The van der Waals surface area contributed by atoms with Gasteiger partial charge < -0.3 is 0 Å². The minimum Gasteiger partial charge on any atom is -0.155 e. The molecule has 2 aromatic carbocycles. The number of hydrogen-bond acceptors (Lipinski definition) is 2. The first-order valence-corrected chi connectivity index (χ1v) is 8.74.